The molecule has 4 atom stereocenters. The third kappa shape index (κ3) is 3.45. The van der Waals surface area contributed by atoms with Gasteiger partial charge in [-0.3, -0.25) is 14.3 Å². The summed E-state index contributed by atoms with van der Waals surface area (Å²) in [5.74, 6) is -0.248. The molecule has 0 amide bonds. The highest BCUT2D eigenvalue weighted by Gasteiger charge is 2.45. The van der Waals surface area contributed by atoms with E-state index in [1.54, 1.807) is 12.1 Å². The summed E-state index contributed by atoms with van der Waals surface area (Å²) in [7, 11) is 0. The Morgan fingerprint density at radius 2 is 1.93 bits per heavy atom. The number of ether oxygens (including phenoxy) is 1. The molecule has 0 saturated carbocycles. The Kier molecular flexibility index (Phi) is 5.30. The van der Waals surface area contributed by atoms with Crippen molar-refractivity contribution in [3.8, 4) is 0 Å². The topological polar surface area (TPSA) is 184 Å². The second-order valence-corrected chi connectivity index (χ2v) is 6.85. The minimum absolute atomic E-state index is 0.00127. The Morgan fingerprint density at radius 3 is 2.57 bits per heavy atom. The monoisotopic (exact) mass is 415 g/mol. The van der Waals surface area contributed by atoms with Gasteiger partial charge in [-0.15, -0.1) is 10.2 Å². The molecular formula is C18H21N7O5. The minimum Gasteiger partial charge on any atom is -0.394 e. The molecule has 1 fully saturated rings. The molecule has 2 aromatic heterocycles. The van der Waals surface area contributed by atoms with Crippen LogP contribution in [0.15, 0.2) is 39.3 Å². The van der Waals surface area contributed by atoms with E-state index in [1.807, 2.05) is 19.1 Å². The maximum Gasteiger partial charge on any atom is 0.280 e. The van der Waals surface area contributed by atoms with Crippen LogP contribution in [0.1, 0.15) is 18.7 Å². The number of fused-ring (bicyclic) bond motifs is 1. The van der Waals surface area contributed by atoms with Crippen LogP contribution in [0, 0.1) is 0 Å². The van der Waals surface area contributed by atoms with Gasteiger partial charge < -0.3 is 25.8 Å². The molecule has 3 heterocycles. The van der Waals surface area contributed by atoms with E-state index in [4.69, 9.17) is 10.5 Å². The second kappa shape index (κ2) is 7.91. The Hall–Kier alpha value is -3.19. The van der Waals surface area contributed by atoms with Gasteiger partial charge in [0, 0.05) is 0 Å². The number of aryl methyl sites for hydroxylation is 1. The fraction of sp³-hybridized carbons (Fsp3) is 0.389. The molecule has 0 unspecified atom stereocenters. The zero-order chi connectivity index (χ0) is 21.4. The van der Waals surface area contributed by atoms with Gasteiger partial charge in [-0.2, -0.15) is 4.98 Å². The number of azo groups is 1. The van der Waals surface area contributed by atoms with Gasteiger partial charge in [0.1, 0.15) is 18.3 Å². The lowest BCUT2D eigenvalue weighted by molar-refractivity contribution is -0.0503. The highest BCUT2D eigenvalue weighted by atomic mass is 16.6. The number of benzene rings is 1. The summed E-state index contributed by atoms with van der Waals surface area (Å²) in [5.41, 5.74) is 6.65. The molecular weight excluding hydrogens is 394 g/mol. The van der Waals surface area contributed by atoms with Crippen LogP contribution in [-0.2, 0) is 11.2 Å². The number of nitrogens with two attached hydrogens (primary N) is 1. The molecule has 158 valence electrons. The van der Waals surface area contributed by atoms with Gasteiger partial charge in [0.2, 0.25) is 5.95 Å². The molecule has 0 bridgehead atoms. The quantitative estimate of drug-likeness (QED) is 0.368. The SMILES string of the molecule is CCc1ccc(N=Nc2nc3c(=O)[nH]c(N)nc3n2[C@@H]2O[C@H](CO)[C@@H](O)[C@H]2O)cc1. The lowest BCUT2D eigenvalue weighted by Crippen LogP contribution is -2.33. The zero-order valence-corrected chi connectivity index (χ0v) is 16.0. The predicted molar refractivity (Wildman–Crippen MR) is 106 cm³/mol. The van der Waals surface area contributed by atoms with Gasteiger partial charge in [-0.25, -0.2) is 4.98 Å². The number of H-pyrrole nitrogens is 1. The number of hydrogen-bond donors (Lipinski definition) is 5. The van der Waals surface area contributed by atoms with Crippen LogP contribution in [0.25, 0.3) is 11.2 Å². The Balaban J connectivity index is 1.82. The highest BCUT2D eigenvalue weighted by Crippen LogP contribution is 2.35. The van der Waals surface area contributed by atoms with E-state index in [9.17, 15) is 20.1 Å². The van der Waals surface area contributed by atoms with Crippen molar-refractivity contribution in [3.05, 3.63) is 40.2 Å². The van der Waals surface area contributed by atoms with Crippen molar-refractivity contribution in [1.82, 2.24) is 19.5 Å². The van der Waals surface area contributed by atoms with Crippen molar-refractivity contribution in [3.63, 3.8) is 0 Å². The maximum atomic E-state index is 12.3. The lowest BCUT2D eigenvalue weighted by atomic mass is 10.1. The first-order valence-electron chi connectivity index (χ1n) is 9.33. The lowest BCUT2D eigenvalue weighted by Gasteiger charge is -2.17. The van der Waals surface area contributed by atoms with E-state index in [0.717, 1.165) is 12.0 Å². The van der Waals surface area contributed by atoms with Crippen LogP contribution in [0.5, 0.6) is 0 Å². The molecule has 30 heavy (non-hydrogen) atoms. The molecule has 1 aliphatic rings. The number of aromatic nitrogens is 4. The summed E-state index contributed by atoms with van der Waals surface area (Å²) in [6, 6.07) is 7.39. The number of rotatable bonds is 5. The number of aliphatic hydroxyl groups excluding tert-OH is 3. The highest BCUT2D eigenvalue weighted by molar-refractivity contribution is 5.74. The predicted octanol–water partition coefficient (Wildman–Crippen LogP) is 0.291. The number of nitrogens with one attached hydrogen (secondary N) is 1. The number of hydrogen-bond acceptors (Lipinski definition) is 10. The van der Waals surface area contributed by atoms with Gasteiger partial charge in [0.05, 0.1) is 12.3 Å². The van der Waals surface area contributed by atoms with Crippen molar-refractivity contribution < 1.29 is 20.1 Å². The van der Waals surface area contributed by atoms with Gasteiger partial charge in [0.15, 0.2) is 17.4 Å². The molecule has 12 heteroatoms. The van der Waals surface area contributed by atoms with Crippen molar-refractivity contribution in [1.29, 1.82) is 0 Å². The number of nitrogen functional groups attached to an aromatic ring is 1. The van der Waals surface area contributed by atoms with Gasteiger partial charge in [-0.05, 0) is 24.1 Å². The van der Waals surface area contributed by atoms with E-state index in [2.05, 4.69) is 25.2 Å². The van der Waals surface area contributed by atoms with E-state index in [1.165, 1.54) is 4.57 Å². The van der Waals surface area contributed by atoms with Crippen LogP contribution in [0.2, 0.25) is 0 Å². The first-order valence-corrected chi connectivity index (χ1v) is 9.33. The molecule has 1 saturated heterocycles. The van der Waals surface area contributed by atoms with Crippen LogP contribution >= 0.6 is 0 Å². The van der Waals surface area contributed by atoms with Crippen LogP contribution in [-0.4, -0.2) is 59.8 Å². The van der Waals surface area contributed by atoms with Gasteiger partial charge in [-0.1, -0.05) is 19.1 Å². The summed E-state index contributed by atoms with van der Waals surface area (Å²) in [5, 5.41) is 38.2. The molecule has 0 aliphatic carbocycles. The summed E-state index contributed by atoms with van der Waals surface area (Å²) < 4.78 is 6.80. The number of aromatic amines is 1. The molecule has 12 nitrogen and oxygen atoms in total. The molecule has 0 radical (unpaired) electrons. The molecule has 4 rings (SSSR count). The average molecular weight is 415 g/mol. The number of anilines is 1. The first-order chi connectivity index (χ1) is 14.4. The fourth-order valence-corrected chi connectivity index (χ4v) is 3.29. The summed E-state index contributed by atoms with van der Waals surface area (Å²) in [4.78, 5) is 22.9. The van der Waals surface area contributed by atoms with Crippen LogP contribution < -0.4 is 11.3 Å². The van der Waals surface area contributed by atoms with Crippen molar-refractivity contribution >= 4 is 28.7 Å². The fourth-order valence-electron chi connectivity index (χ4n) is 3.29. The molecule has 6 N–H and O–H groups in total. The number of aliphatic hydroxyl groups is 3. The van der Waals surface area contributed by atoms with Gasteiger partial charge >= 0.3 is 0 Å². The average Bonchev–Trinajstić information content (AvgIpc) is 3.24. The zero-order valence-electron chi connectivity index (χ0n) is 16.0. The van der Waals surface area contributed by atoms with Crippen LogP contribution in [0.4, 0.5) is 17.6 Å². The smallest absolute Gasteiger partial charge is 0.280 e. The molecule has 1 aromatic carbocycles. The Bertz CT molecular complexity index is 1140. The van der Waals surface area contributed by atoms with E-state index in [0.29, 0.717) is 5.69 Å². The Labute approximate surface area is 169 Å². The summed E-state index contributed by atoms with van der Waals surface area (Å²) in [6.07, 6.45) is -4.16. The summed E-state index contributed by atoms with van der Waals surface area (Å²) in [6.45, 7) is 1.52. The third-order valence-corrected chi connectivity index (χ3v) is 4.92. The first kappa shape index (κ1) is 20.1. The third-order valence-electron chi connectivity index (χ3n) is 4.92. The number of imidazole rings is 1. The second-order valence-electron chi connectivity index (χ2n) is 6.85. The molecule has 3 aromatic rings. The maximum absolute atomic E-state index is 12.3. The van der Waals surface area contributed by atoms with Crippen molar-refractivity contribution in [2.75, 3.05) is 12.3 Å². The van der Waals surface area contributed by atoms with E-state index in [-0.39, 0.29) is 23.1 Å². The van der Waals surface area contributed by atoms with E-state index >= 15 is 0 Å². The molecule has 0 spiro atoms. The Morgan fingerprint density at radius 1 is 1.20 bits per heavy atom. The van der Waals surface area contributed by atoms with Crippen molar-refractivity contribution in [2.45, 2.75) is 37.9 Å². The van der Waals surface area contributed by atoms with Crippen molar-refractivity contribution in [2.24, 2.45) is 10.2 Å². The summed E-state index contributed by atoms with van der Waals surface area (Å²) >= 11 is 0. The standard InChI is InChI=1S/C18H21N7O5/c1-2-8-3-5-9(6-4-8)23-24-18-20-11-14(21-17(19)22-15(11)29)25(18)16-13(28)12(27)10(7-26)30-16/h3-6,10,12-13,16,26-28H,2,7H2,1H3,(H3,19,21,22,29)/t10-,12-,13-,16-/m1/s1. The number of nitrogens with zero attached hydrogens (tertiary/aromatic N) is 5. The minimum atomic E-state index is -1.43. The van der Waals surface area contributed by atoms with E-state index < -0.39 is 36.7 Å². The largest absolute Gasteiger partial charge is 0.394 e. The normalized spacial score (nSPS) is 24.3. The molecule has 1 aliphatic heterocycles. The van der Waals surface area contributed by atoms with Gasteiger partial charge in [0.25, 0.3) is 11.5 Å². The van der Waals surface area contributed by atoms with Crippen LogP contribution in [0.3, 0.4) is 0 Å².